The van der Waals surface area contributed by atoms with E-state index in [1.54, 1.807) is 0 Å². The first-order valence-electron chi connectivity index (χ1n) is 13.4. The van der Waals surface area contributed by atoms with E-state index < -0.39 is 0 Å². The summed E-state index contributed by atoms with van der Waals surface area (Å²) < 4.78 is 2.01. The predicted molar refractivity (Wildman–Crippen MR) is 144 cm³/mol. The molecule has 4 heteroatoms. The monoisotopic (exact) mass is 475 g/mol. The van der Waals surface area contributed by atoms with Crippen LogP contribution in [0.15, 0.2) is 84.9 Å². The van der Waals surface area contributed by atoms with E-state index in [2.05, 4.69) is 60.4 Å². The molecule has 36 heavy (non-hydrogen) atoms. The van der Waals surface area contributed by atoms with Crippen molar-refractivity contribution in [1.29, 1.82) is 0 Å². The van der Waals surface area contributed by atoms with Crippen LogP contribution in [-0.4, -0.2) is 27.1 Å². The summed E-state index contributed by atoms with van der Waals surface area (Å²) in [5, 5.41) is 5.10. The van der Waals surface area contributed by atoms with Gasteiger partial charge in [0.05, 0.1) is 23.0 Å². The summed E-state index contributed by atoms with van der Waals surface area (Å²) >= 11 is 0. The Labute approximate surface area is 213 Å². The molecule has 1 atom stereocenters. The topological polar surface area (TPSA) is 38.1 Å². The summed E-state index contributed by atoms with van der Waals surface area (Å²) in [5.41, 5.74) is 7.31. The molecule has 0 N–H and O–H groups in total. The first-order chi connectivity index (χ1) is 17.8. The third-order valence-corrected chi connectivity index (χ3v) is 7.92. The summed E-state index contributed by atoms with van der Waals surface area (Å²) in [4.78, 5) is 16.9. The number of fused-ring (bicyclic) bond motifs is 1. The van der Waals surface area contributed by atoms with Gasteiger partial charge in [0.1, 0.15) is 5.69 Å². The van der Waals surface area contributed by atoms with Crippen molar-refractivity contribution in [3.8, 4) is 16.9 Å². The Kier molecular flexibility index (Phi) is 6.18. The molecule has 6 rings (SSSR count). The summed E-state index contributed by atoms with van der Waals surface area (Å²) in [5.74, 6) is 0.667. The molecule has 1 aromatic heterocycles. The van der Waals surface area contributed by atoms with Gasteiger partial charge < -0.3 is 4.90 Å². The van der Waals surface area contributed by atoms with Crippen molar-refractivity contribution in [3.05, 3.63) is 107 Å². The van der Waals surface area contributed by atoms with E-state index in [0.29, 0.717) is 5.92 Å². The van der Waals surface area contributed by atoms with Gasteiger partial charge in [0.25, 0.3) is 5.91 Å². The van der Waals surface area contributed by atoms with Crippen LogP contribution >= 0.6 is 0 Å². The highest BCUT2D eigenvalue weighted by molar-refractivity contribution is 6.01. The van der Waals surface area contributed by atoms with Gasteiger partial charge >= 0.3 is 0 Å². The zero-order valence-corrected chi connectivity index (χ0v) is 20.9. The maximum atomic E-state index is 14.7. The molecule has 0 spiro atoms. The number of aromatic nitrogens is 2. The second kappa shape index (κ2) is 9.77. The third-order valence-electron chi connectivity index (χ3n) is 7.92. The van der Waals surface area contributed by atoms with Crippen LogP contribution in [0.1, 0.15) is 65.8 Å². The van der Waals surface area contributed by atoms with E-state index in [9.17, 15) is 4.79 Å². The lowest BCUT2D eigenvalue weighted by Gasteiger charge is -2.45. The van der Waals surface area contributed by atoms with E-state index in [4.69, 9.17) is 5.10 Å². The molecule has 3 aromatic carbocycles. The van der Waals surface area contributed by atoms with E-state index >= 15 is 0 Å². The van der Waals surface area contributed by atoms with Gasteiger partial charge in [-0.15, -0.1) is 0 Å². The lowest BCUT2D eigenvalue weighted by molar-refractivity contribution is 0.0486. The molecule has 1 fully saturated rings. The van der Waals surface area contributed by atoms with Crippen molar-refractivity contribution in [1.82, 2.24) is 14.7 Å². The number of rotatable bonds is 6. The molecule has 4 nitrogen and oxygen atoms in total. The zero-order valence-electron chi connectivity index (χ0n) is 20.9. The lowest BCUT2D eigenvalue weighted by Crippen LogP contribution is -2.45. The number of hydrogen-bond acceptors (Lipinski definition) is 2. The Morgan fingerprint density at radius 1 is 0.917 bits per heavy atom. The fourth-order valence-corrected chi connectivity index (χ4v) is 5.96. The van der Waals surface area contributed by atoms with Crippen LogP contribution in [-0.2, 0) is 12.8 Å². The maximum Gasteiger partial charge on any atom is 0.258 e. The van der Waals surface area contributed by atoms with E-state index in [1.165, 1.54) is 30.4 Å². The predicted octanol–water partition coefficient (Wildman–Crippen LogP) is 7.03. The van der Waals surface area contributed by atoms with Crippen molar-refractivity contribution >= 4 is 5.91 Å². The molecular weight excluding hydrogens is 442 g/mol. The normalized spacial score (nSPS) is 17.5. The number of carbonyl (C=O) groups excluding carboxylic acids is 1. The Morgan fingerprint density at radius 3 is 2.31 bits per heavy atom. The van der Waals surface area contributed by atoms with E-state index in [0.717, 1.165) is 54.0 Å². The van der Waals surface area contributed by atoms with E-state index in [-0.39, 0.29) is 11.9 Å². The Balaban J connectivity index is 1.52. The minimum absolute atomic E-state index is 0.130. The second-order valence-corrected chi connectivity index (χ2v) is 10.1. The molecule has 1 aliphatic heterocycles. The number of amides is 1. The Morgan fingerprint density at radius 2 is 1.61 bits per heavy atom. The Hall–Kier alpha value is -3.66. The lowest BCUT2D eigenvalue weighted by atomic mass is 9.73. The first-order valence-corrected chi connectivity index (χ1v) is 13.4. The molecule has 2 heterocycles. The summed E-state index contributed by atoms with van der Waals surface area (Å²) in [7, 11) is 0. The number of nitrogens with zero attached hydrogens (tertiary/aromatic N) is 3. The van der Waals surface area contributed by atoms with Gasteiger partial charge in [-0.05, 0) is 54.9 Å². The maximum absolute atomic E-state index is 14.7. The largest absolute Gasteiger partial charge is 0.331 e. The van der Waals surface area contributed by atoms with Crippen molar-refractivity contribution in [3.63, 3.8) is 0 Å². The SMILES string of the molecule is CCCc1c(C(=O)N2CCc3ccccc3C2C2CCC2)c(-c2ccccc2)nn1-c1ccccc1. The minimum atomic E-state index is 0.130. The molecule has 1 amide bonds. The molecule has 1 aliphatic carbocycles. The van der Waals surface area contributed by atoms with Crippen molar-refractivity contribution in [2.24, 2.45) is 5.92 Å². The number of benzene rings is 3. The van der Waals surface area contributed by atoms with Crippen LogP contribution in [0.5, 0.6) is 0 Å². The summed E-state index contributed by atoms with van der Waals surface area (Å²) in [6.07, 6.45) is 6.30. The van der Waals surface area contributed by atoms with Gasteiger partial charge in [-0.25, -0.2) is 4.68 Å². The standard InChI is InChI=1S/C32H33N3O/c1-2-12-28-29(30(24-14-5-3-6-15-24)33-35(28)26-18-7-4-8-19-26)32(36)34-22-21-23-13-9-10-20-27(23)31(34)25-16-11-17-25/h3-10,13-15,18-20,25,31H,2,11-12,16-17,21-22H2,1H3. The highest BCUT2D eigenvalue weighted by atomic mass is 16.2. The molecule has 0 radical (unpaired) electrons. The molecule has 4 aromatic rings. The van der Waals surface area contributed by atoms with Crippen LogP contribution in [0.25, 0.3) is 16.9 Å². The molecular formula is C32H33N3O. The highest BCUT2D eigenvalue weighted by Crippen LogP contribution is 2.45. The van der Waals surface area contributed by atoms with Gasteiger partial charge in [0.15, 0.2) is 0 Å². The van der Waals surface area contributed by atoms with Crippen LogP contribution < -0.4 is 0 Å². The van der Waals surface area contributed by atoms with Crippen molar-refractivity contribution in [2.75, 3.05) is 6.54 Å². The summed E-state index contributed by atoms with van der Waals surface area (Å²) in [6, 6.07) is 29.3. The zero-order chi connectivity index (χ0) is 24.5. The van der Waals surface area contributed by atoms with Gasteiger partial charge in [-0.3, -0.25) is 4.79 Å². The number of para-hydroxylation sites is 1. The Bertz CT molecular complexity index is 1350. The van der Waals surface area contributed by atoms with E-state index in [1.807, 2.05) is 41.1 Å². The minimum Gasteiger partial charge on any atom is -0.331 e. The molecule has 1 unspecified atom stereocenters. The van der Waals surface area contributed by atoms with Crippen molar-refractivity contribution < 1.29 is 4.79 Å². The average Bonchev–Trinajstić information content (AvgIpc) is 3.28. The molecule has 182 valence electrons. The summed E-state index contributed by atoms with van der Waals surface area (Å²) in [6.45, 7) is 2.93. The van der Waals surface area contributed by atoms with Gasteiger partial charge in [0, 0.05) is 12.1 Å². The third kappa shape index (κ3) is 3.95. The van der Waals surface area contributed by atoms with Crippen LogP contribution in [0.4, 0.5) is 0 Å². The molecule has 2 aliphatic rings. The fourth-order valence-electron chi connectivity index (χ4n) is 5.96. The van der Waals surface area contributed by atoms with Gasteiger partial charge in [-0.2, -0.15) is 5.10 Å². The fraction of sp³-hybridized carbons (Fsp3) is 0.312. The second-order valence-electron chi connectivity index (χ2n) is 10.1. The van der Waals surface area contributed by atoms with Crippen LogP contribution in [0.2, 0.25) is 0 Å². The molecule has 0 bridgehead atoms. The van der Waals surface area contributed by atoms with Crippen LogP contribution in [0.3, 0.4) is 0 Å². The smallest absolute Gasteiger partial charge is 0.258 e. The van der Waals surface area contributed by atoms with Crippen molar-refractivity contribution in [2.45, 2.75) is 51.5 Å². The molecule has 0 saturated heterocycles. The number of hydrogen-bond donors (Lipinski definition) is 0. The molecule has 1 saturated carbocycles. The average molecular weight is 476 g/mol. The first kappa shape index (κ1) is 22.8. The highest BCUT2D eigenvalue weighted by Gasteiger charge is 2.40. The van der Waals surface area contributed by atoms with Crippen LogP contribution in [0, 0.1) is 5.92 Å². The quantitative estimate of drug-likeness (QED) is 0.300. The number of carbonyl (C=O) groups is 1. The van der Waals surface area contributed by atoms with Gasteiger partial charge in [-0.1, -0.05) is 92.6 Å². The van der Waals surface area contributed by atoms with Gasteiger partial charge in [0.2, 0.25) is 0 Å².